The van der Waals surface area contributed by atoms with Gasteiger partial charge < -0.3 is 10.1 Å². The highest BCUT2D eigenvalue weighted by Gasteiger charge is 2.16. The number of hydrogen-bond donors (Lipinski definition) is 1. The maximum Gasteiger partial charge on any atom is 0.154 e. The van der Waals surface area contributed by atoms with Crippen molar-refractivity contribution in [3.8, 4) is 6.07 Å². The van der Waals surface area contributed by atoms with Gasteiger partial charge in [-0.2, -0.15) is 5.26 Å². The molecule has 0 aromatic carbocycles. The lowest BCUT2D eigenvalue weighted by Crippen LogP contribution is -2.30. The minimum atomic E-state index is 0.216. The van der Waals surface area contributed by atoms with Crippen molar-refractivity contribution in [2.24, 2.45) is 0 Å². The molecule has 0 saturated carbocycles. The molecular weight excluding hydrogens is 242 g/mol. The Morgan fingerprint density at radius 3 is 3.21 bits per heavy atom. The summed E-state index contributed by atoms with van der Waals surface area (Å²) in [5.41, 5.74) is 1.10. The van der Waals surface area contributed by atoms with Gasteiger partial charge in [0.25, 0.3) is 0 Å². The zero-order chi connectivity index (χ0) is 13.1. The Bertz CT molecular complexity index is 630. The Balaban J connectivity index is 1.98. The molecule has 0 unspecified atom stereocenters. The summed E-state index contributed by atoms with van der Waals surface area (Å²) >= 11 is 0. The van der Waals surface area contributed by atoms with E-state index in [2.05, 4.69) is 26.3 Å². The Kier molecular flexibility index (Phi) is 3.21. The number of nitrogens with zero attached hydrogens (tertiary/aromatic N) is 4. The van der Waals surface area contributed by atoms with E-state index in [9.17, 15) is 0 Å². The van der Waals surface area contributed by atoms with Crippen molar-refractivity contribution in [1.29, 1.82) is 5.26 Å². The van der Waals surface area contributed by atoms with Crippen LogP contribution in [0.4, 0.5) is 5.82 Å². The fraction of sp³-hybridized carbons (Fsp3) is 0.385. The summed E-state index contributed by atoms with van der Waals surface area (Å²) < 4.78 is 5.43. The molecule has 3 heterocycles. The van der Waals surface area contributed by atoms with Gasteiger partial charge in [0.1, 0.15) is 23.6 Å². The fourth-order valence-corrected chi connectivity index (χ4v) is 2.20. The van der Waals surface area contributed by atoms with Gasteiger partial charge in [0.05, 0.1) is 12.6 Å². The summed E-state index contributed by atoms with van der Waals surface area (Å²) in [6.45, 7) is 1.47. The van der Waals surface area contributed by atoms with Gasteiger partial charge in [-0.3, -0.25) is 0 Å². The third-order valence-corrected chi connectivity index (χ3v) is 3.11. The average molecular weight is 255 g/mol. The maximum absolute atomic E-state index is 9.02. The highest BCUT2D eigenvalue weighted by Crippen LogP contribution is 2.21. The van der Waals surface area contributed by atoms with E-state index in [1.807, 2.05) is 0 Å². The highest BCUT2D eigenvalue weighted by atomic mass is 16.5. The Labute approximate surface area is 110 Å². The van der Waals surface area contributed by atoms with E-state index in [1.54, 1.807) is 12.3 Å². The summed E-state index contributed by atoms with van der Waals surface area (Å²) in [5.74, 6) is 0.631. The molecule has 0 bridgehead atoms. The molecule has 19 heavy (non-hydrogen) atoms. The molecule has 96 valence electrons. The number of aromatic nitrogens is 3. The van der Waals surface area contributed by atoms with Crippen LogP contribution in [0.2, 0.25) is 0 Å². The van der Waals surface area contributed by atoms with Gasteiger partial charge in [-0.15, -0.1) is 0 Å². The minimum Gasteiger partial charge on any atom is -0.379 e. The Hall–Kier alpha value is -2.26. The molecule has 1 atom stereocenters. The standard InChI is InChI=1S/C13H13N5O/c14-5-11-4-9-6-15-8-16-12(9)13(18-11)17-10-2-1-3-19-7-10/h4,6,8,10H,1-3,7H2,(H,17,18)/t10-/m1/s1. The van der Waals surface area contributed by atoms with Crippen molar-refractivity contribution in [2.45, 2.75) is 18.9 Å². The molecule has 1 saturated heterocycles. The first-order valence-corrected chi connectivity index (χ1v) is 6.22. The molecular formula is C13H13N5O. The SMILES string of the molecule is N#Cc1cc2cncnc2c(N[C@@H]2CCCOC2)n1. The van der Waals surface area contributed by atoms with Gasteiger partial charge in [0.2, 0.25) is 0 Å². The molecule has 1 N–H and O–H groups in total. The zero-order valence-electron chi connectivity index (χ0n) is 10.3. The number of nitrogens with one attached hydrogen (secondary N) is 1. The van der Waals surface area contributed by atoms with E-state index in [0.29, 0.717) is 18.1 Å². The predicted octanol–water partition coefficient (Wildman–Crippen LogP) is 1.49. The fourth-order valence-electron chi connectivity index (χ4n) is 2.20. The van der Waals surface area contributed by atoms with Crippen molar-refractivity contribution < 1.29 is 4.74 Å². The normalized spacial score (nSPS) is 19.0. The van der Waals surface area contributed by atoms with E-state index in [-0.39, 0.29) is 6.04 Å². The van der Waals surface area contributed by atoms with E-state index in [0.717, 1.165) is 30.4 Å². The van der Waals surface area contributed by atoms with E-state index in [1.165, 1.54) is 6.33 Å². The molecule has 0 spiro atoms. The molecule has 0 aliphatic carbocycles. The highest BCUT2D eigenvalue weighted by molar-refractivity contribution is 5.88. The number of hydrogen-bond acceptors (Lipinski definition) is 6. The Morgan fingerprint density at radius 1 is 1.47 bits per heavy atom. The van der Waals surface area contributed by atoms with Crippen LogP contribution in [-0.4, -0.2) is 34.2 Å². The lowest BCUT2D eigenvalue weighted by molar-refractivity contribution is 0.0875. The van der Waals surface area contributed by atoms with Crippen molar-refractivity contribution in [2.75, 3.05) is 18.5 Å². The summed E-state index contributed by atoms with van der Waals surface area (Å²) in [5, 5.41) is 13.2. The van der Waals surface area contributed by atoms with Crippen molar-refractivity contribution in [3.63, 3.8) is 0 Å². The van der Waals surface area contributed by atoms with E-state index < -0.39 is 0 Å². The summed E-state index contributed by atoms with van der Waals surface area (Å²) in [6, 6.07) is 3.97. The van der Waals surface area contributed by atoms with E-state index >= 15 is 0 Å². The van der Waals surface area contributed by atoms with Crippen LogP contribution in [-0.2, 0) is 4.74 Å². The molecule has 3 rings (SSSR count). The second-order valence-electron chi connectivity index (χ2n) is 4.49. The molecule has 1 aliphatic rings. The molecule has 1 aliphatic heterocycles. The summed E-state index contributed by atoms with van der Waals surface area (Å²) in [7, 11) is 0. The first-order chi connectivity index (χ1) is 9.36. The molecule has 0 amide bonds. The Morgan fingerprint density at radius 2 is 2.42 bits per heavy atom. The molecule has 2 aromatic heterocycles. The third-order valence-electron chi connectivity index (χ3n) is 3.11. The zero-order valence-corrected chi connectivity index (χ0v) is 10.3. The molecule has 1 fully saturated rings. The lowest BCUT2D eigenvalue weighted by atomic mass is 10.1. The van der Waals surface area contributed by atoms with E-state index in [4.69, 9.17) is 10.00 Å². The van der Waals surface area contributed by atoms with Crippen LogP contribution in [0, 0.1) is 11.3 Å². The van der Waals surface area contributed by atoms with Crippen LogP contribution in [0.5, 0.6) is 0 Å². The summed E-state index contributed by atoms with van der Waals surface area (Å²) in [6.07, 6.45) is 5.24. The van der Waals surface area contributed by atoms with Crippen molar-refractivity contribution >= 4 is 16.7 Å². The van der Waals surface area contributed by atoms with Crippen LogP contribution in [0.1, 0.15) is 18.5 Å². The van der Waals surface area contributed by atoms with Crippen LogP contribution in [0.25, 0.3) is 10.9 Å². The first-order valence-electron chi connectivity index (χ1n) is 6.22. The topological polar surface area (TPSA) is 83.7 Å². The van der Waals surface area contributed by atoms with Crippen LogP contribution in [0.15, 0.2) is 18.6 Å². The number of rotatable bonds is 2. The van der Waals surface area contributed by atoms with Crippen LogP contribution in [0.3, 0.4) is 0 Å². The number of nitriles is 1. The summed E-state index contributed by atoms with van der Waals surface area (Å²) in [4.78, 5) is 12.5. The number of anilines is 1. The predicted molar refractivity (Wildman–Crippen MR) is 69.5 cm³/mol. The van der Waals surface area contributed by atoms with Gasteiger partial charge in [0, 0.05) is 18.2 Å². The largest absolute Gasteiger partial charge is 0.379 e. The smallest absolute Gasteiger partial charge is 0.154 e. The number of ether oxygens (including phenoxy) is 1. The first kappa shape index (κ1) is 11.8. The van der Waals surface area contributed by atoms with Crippen molar-refractivity contribution in [3.05, 3.63) is 24.3 Å². The average Bonchev–Trinajstić information content (AvgIpc) is 2.48. The molecule has 6 nitrogen and oxygen atoms in total. The molecule has 6 heteroatoms. The van der Waals surface area contributed by atoms with Gasteiger partial charge in [-0.05, 0) is 18.9 Å². The third kappa shape index (κ3) is 2.46. The monoisotopic (exact) mass is 255 g/mol. The second-order valence-corrected chi connectivity index (χ2v) is 4.49. The second kappa shape index (κ2) is 5.16. The quantitative estimate of drug-likeness (QED) is 0.875. The van der Waals surface area contributed by atoms with Gasteiger partial charge in [-0.25, -0.2) is 15.0 Å². The molecule has 2 aromatic rings. The molecule has 0 radical (unpaired) electrons. The van der Waals surface area contributed by atoms with Crippen LogP contribution >= 0.6 is 0 Å². The van der Waals surface area contributed by atoms with Gasteiger partial charge in [-0.1, -0.05) is 0 Å². The van der Waals surface area contributed by atoms with Crippen LogP contribution < -0.4 is 5.32 Å². The van der Waals surface area contributed by atoms with Crippen molar-refractivity contribution in [1.82, 2.24) is 15.0 Å². The number of fused-ring (bicyclic) bond motifs is 1. The van der Waals surface area contributed by atoms with Gasteiger partial charge in [0.15, 0.2) is 5.82 Å². The van der Waals surface area contributed by atoms with Gasteiger partial charge >= 0.3 is 0 Å². The lowest BCUT2D eigenvalue weighted by Gasteiger charge is -2.23. The maximum atomic E-state index is 9.02. The number of pyridine rings is 1. The minimum absolute atomic E-state index is 0.216.